The lowest BCUT2D eigenvalue weighted by atomic mass is 9.88. The molecular formula is C32H37NO7. The molecule has 1 unspecified atom stereocenters. The standard InChI is InChI=1S/C32H37NO7/c1-6-29(25-11-16-30-31(17-25)39-21-38-30)32(24-9-14-27(15-10-24)37-20-35-5)23-7-12-26(13-8-23)36-19-28(18-33(3)4)40-22(2)34/h7-17,28H,6,18-21H2,1-5H3. The van der Waals surface area contributed by atoms with E-state index < -0.39 is 0 Å². The summed E-state index contributed by atoms with van der Waals surface area (Å²) in [5.74, 6) is 2.60. The zero-order valence-electron chi connectivity index (χ0n) is 23.8. The van der Waals surface area contributed by atoms with E-state index in [0.717, 1.165) is 45.9 Å². The number of methoxy groups -OCH3 is 1. The number of esters is 1. The summed E-state index contributed by atoms with van der Waals surface area (Å²) in [6.07, 6.45) is 0.434. The molecule has 0 aromatic heterocycles. The molecule has 0 amide bonds. The molecular weight excluding hydrogens is 510 g/mol. The summed E-state index contributed by atoms with van der Waals surface area (Å²) in [5, 5.41) is 0. The Morgan fingerprint density at radius 1 is 0.875 bits per heavy atom. The average molecular weight is 548 g/mol. The highest BCUT2D eigenvalue weighted by molar-refractivity contribution is 5.99. The summed E-state index contributed by atoms with van der Waals surface area (Å²) in [5.41, 5.74) is 5.41. The monoisotopic (exact) mass is 547 g/mol. The molecule has 40 heavy (non-hydrogen) atoms. The predicted molar refractivity (Wildman–Crippen MR) is 154 cm³/mol. The van der Waals surface area contributed by atoms with Crippen molar-refractivity contribution >= 4 is 17.1 Å². The lowest BCUT2D eigenvalue weighted by Crippen LogP contribution is -2.34. The first-order chi connectivity index (χ1) is 19.4. The van der Waals surface area contributed by atoms with Gasteiger partial charge in [0.1, 0.15) is 24.2 Å². The lowest BCUT2D eigenvalue weighted by Gasteiger charge is -2.21. The summed E-state index contributed by atoms with van der Waals surface area (Å²) in [4.78, 5) is 13.5. The van der Waals surface area contributed by atoms with Gasteiger partial charge in [-0.3, -0.25) is 4.79 Å². The Kier molecular flexibility index (Phi) is 10.0. The van der Waals surface area contributed by atoms with Crippen LogP contribution in [0.5, 0.6) is 23.0 Å². The molecule has 0 aliphatic carbocycles. The highest BCUT2D eigenvalue weighted by Gasteiger charge is 2.19. The van der Waals surface area contributed by atoms with Crippen LogP contribution in [0.3, 0.4) is 0 Å². The zero-order chi connectivity index (χ0) is 28.5. The minimum atomic E-state index is -0.362. The fraction of sp³-hybridized carbons (Fsp3) is 0.344. The third-order valence-corrected chi connectivity index (χ3v) is 6.34. The largest absolute Gasteiger partial charge is 0.490 e. The van der Waals surface area contributed by atoms with E-state index in [2.05, 4.69) is 37.3 Å². The van der Waals surface area contributed by atoms with E-state index in [1.54, 1.807) is 7.11 Å². The molecule has 3 aromatic rings. The number of rotatable bonds is 13. The minimum Gasteiger partial charge on any atom is -0.490 e. The van der Waals surface area contributed by atoms with Crippen molar-refractivity contribution in [2.24, 2.45) is 0 Å². The first-order valence-corrected chi connectivity index (χ1v) is 13.3. The van der Waals surface area contributed by atoms with Gasteiger partial charge in [0.15, 0.2) is 18.3 Å². The molecule has 1 aliphatic rings. The number of benzene rings is 3. The second-order valence-electron chi connectivity index (χ2n) is 9.68. The quantitative estimate of drug-likeness (QED) is 0.155. The van der Waals surface area contributed by atoms with Crippen molar-refractivity contribution in [3.05, 3.63) is 83.4 Å². The van der Waals surface area contributed by atoms with Gasteiger partial charge in [0.2, 0.25) is 6.79 Å². The molecule has 3 aromatic carbocycles. The van der Waals surface area contributed by atoms with Gasteiger partial charge in [0.25, 0.3) is 0 Å². The fourth-order valence-electron chi connectivity index (χ4n) is 4.64. The minimum absolute atomic E-state index is 0.188. The number of likely N-dealkylation sites (N-methyl/N-ethyl adjacent to an activating group) is 1. The van der Waals surface area contributed by atoms with Crippen molar-refractivity contribution in [3.8, 4) is 23.0 Å². The summed E-state index contributed by atoms with van der Waals surface area (Å²) in [6.45, 7) is 4.81. The summed E-state index contributed by atoms with van der Waals surface area (Å²) < 4.78 is 33.3. The van der Waals surface area contributed by atoms with E-state index >= 15 is 0 Å². The van der Waals surface area contributed by atoms with Crippen LogP contribution in [-0.4, -0.2) is 64.9 Å². The van der Waals surface area contributed by atoms with Crippen LogP contribution >= 0.6 is 0 Å². The summed E-state index contributed by atoms with van der Waals surface area (Å²) in [6, 6.07) is 22.0. The Balaban J connectivity index is 1.66. The van der Waals surface area contributed by atoms with Gasteiger partial charge in [-0.05, 0) is 84.8 Å². The number of fused-ring (bicyclic) bond motifs is 1. The Labute approximate surface area is 236 Å². The molecule has 8 nitrogen and oxygen atoms in total. The van der Waals surface area contributed by atoms with Crippen molar-refractivity contribution in [1.29, 1.82) is 0 Å². The molecule has 0 bridgehead atoms. The van der Waals surface area contributed by atoms with Crippen molar-refractivity contribution in [2.45, 2.75) is 26.4 Å². The molecule has 212 valence electrons. The van der Waals surface area contributed by atoms with Gasteiger partial charge >= 0.3 is 5.97 Å². The highest BCUT2D eigenvalue weighted by atomic mass is 16.7. The van der Waals surface area contributed by atoms with Crippen LogP contribution in [0.4, 0.5) is 0 Å². The number of ether oxygens (including phenoxy) is 6. The molecule has 1 heterocycles. The molecule has 1 atom stereocenters. The number of hydrogen-bond acceptors (Lipinski definition) is 8. The number of nitrogens with zero attached hydrogens (tertiary/aromatic N) is 1. The van der Waals surface area contributed by atoms with E-state index in [1.807, 2.05) is 55.4 Å². The van der Waals surface area contributed by atoms with Gasteiger partial charge in [0, 0.05) is 20.6 Å². The third kappa shape index (κ3) is 7.55. The summed E-state index contributed by atoms with van der Waals surface area (Å²) >= 11 is 0. The van der Waals surface area contributed by atoms with E-state index in [0.29, 0.717) is 12.3 Å². The Morgan fingerprint density at radius 2 is 1.48 bits per heavy atom. The number of carbonyl (C=O) groups excluding carboxylic acids is 1. The van der Waals surface area contributed by atoms with Gasteiger partial charge in [-0.1, -0.05) is 37.3 Å². The van der Waals surface area contributed by atoms with Gasteiger partial charge in [0.05, 0.1) is 0 Å². The smallest absolute Gasteiger partial charge is 0.303 e. The van der Waals surface area contributed by atoms with Crippen molar-refractivity contribution in [1.82, 2.24) is 4.90 Å². The second kappa shape index (κ2) is 13.9. The van der Waals surface area contributed by atoms with Crippen LogP contribution in [0.2, 0.25) is 0 Å². The van der Waals surface area contributed by atoms with Crippen LogP contribution in [0.25, 0.3) is 11.1 Å². The molecule has 0 fully saturated rings. The lowest BCUT2D eigenvalue weighted by molar-refractivity contribution is -0.148. The average Bonchev–Trinajstić information content (AvgIpc) is 3.42. The van der Waals surface area contributed by atoms with Crippen LogP contribution in [0.15, 0.2) is 66.7 Å². The van der Waals surface area contributed by atoms with E-state index in [1.165, 1.54) is 12.5 Å². The highest BCUT2D eigenvalue weighted by Crippen LogP contribution is 2.40. The van der Waals surface area contributed by atoms with Crippen LogP contribution in [0.1, 0.15) is 37.0 Å². The van der Waals surface area contributed by atoms with Crippen molar-refractivity contribution in [3.63, 3.8) is 0 Å². The second-order valence-corrected chi connectivity index (χ2v) is 9.68. The maximum absolute atomic E-state index is 11.5. The van der Waals surface area contributed by atoms with Crippen LogP contribution < -0.4 is 18.9 Å². The van der Waals surface area contributed by atoms with Gasteiger partial charge < -0.3 is 33.3 Å². The maximum Gasteiger partial charge on any atom is 0.303 e. The van der Waals surface area contributed by atoms with E-state index in [9.17, 15) is 4.79 Å². The van der Waals surface area contributed by atoms with Gasteiger partial charge in [-0.25, -0.2) is 0 Å². The molecule has 1 aliphatic heterocycles. The van der Waals surface area contributed by atoms with Crippen LogP contribution in [-0.2, 0) is 14.3 Å². The SMILES string of the molecule is CCC(=C(c1ccc(OCOC)cc1)c1ccc(OCC(CN(C)C)OC(C)=O)cc1)c1ccc2c(c1)OCO2. The molecule has 0 saturated carbocycles. The maximum atomic E-state index is 11.5. The molecule has 0 radical (unpaired) electrons. The van der Waals surface area contributed by atoms with E-state index in [4.69, 9.17) is 28.4 Å². The molecule has 0 saturated heterocycles. The zero-order valence-corrected chi connectivity index (χ0v) is 23.8. The fourth-order valence-corrected chi connectivity index (χ4v) is 4.64. The Bertz CT molecular complexity index is 1300. The van der Waals surface area contributed by atoms with Crippen LogP contribution in [0, 0.1) is 0 Å². The Hall–Kier alpha value is -4.01. The number of carbonyl (C=O) groups is 1. The molecule has 8 heteroatoms. The van der Waals surface area contributed by atoms with Crippen molar-refractivity contribution in [2.75, 3.05) is 47.9 Å². The summed E-state index contributed by atoms with van der Waals surface area (Å²) in [7, 11) is 5.46. The predicted octanol–water partition coefficient (Wildman–Crippen LogP) is 5.64. The number of hydrogen-bond donors (Lipinski definition) is 0. The molecule has 0 N–H and O–H groups in total. The Morgan fingerprint density at radius 3 is 2.05 bits per heavy atom. The number of allylic oxidation sites excluding steroid dienone is 1. The molecule has 0 spiro atoms. The molecule has 4 rings (SSSR count). The topological polar surface area (TPSA) is 75.7 Å². The normalized spacial score (nSPS) is 13.6. The van der Waals surface area contributed by atoms with Crippen molar-refractivity contribution < 1.29 is 33.2 Å². The first kappa shape index (κ1) is 29.0. The van der Waals surface area contributed by atoms with Gasteiger partial charge in [-0.15, -0.1) is 0 Å². The first-order valence-electron chi connectivity index (χ1n) is 13.3. The van der Waals surface area contributed by atoms with E-state index in [-0.39, 0.29) is 32.3 Å². The third-order valence-electron chi connectivity index (χ3n) is 6.34. The van der Waals surface area contributed by atoms with Gasteiger partial charge in [-0.2, -0.15) is 0 Å².